The Morgan fingerprint density at radius 1 is 1.22 bits per heavy atom. The van der Waals surface area contributed by atoms with Gasteiger partial charge in [0.15, 0.2) is 0 Å². The van der Waals surface area contributed by atoms with E-state index in [1.807, 2.05) is 16.7 Å². The van der Waals surface area contributed by atoms with E-state index in [9.17, 15) is 9.90 Å². The van der Waals surface area contributed by atoms with Crippen LogP contribution < -0.4 is 0 Å². The molecule has 4 fully saturated rings. The monoisotopic (exact) mass is 388 g/mol. The lowest BCUT2D eigenvalue weighted by Crippen LogP contribution is -2.50. The first-order valence-electron chi connectivity index (χ1n) is 9.99. The number of esters is 1. The molecule has 27 heavy (non-hydrogen) atoms. The van der Waals surface area contributed by atoms with Gasteiger partial charge in [-0.05, 0) is 74.5 Å². The summed E-state index contributed by atoms with van der Waals surface area (Å²) in [5.41, 5.74) is 1.40. The molecule has 4 aliphatic rings. The fraction of sp³-hybridized carbons (Fsp3) is 0.619. The first kappa shape index (κ1) is 17.5. The van der Waals surface area contributed by atoms with Crippen LogP contribution in [0.2, 0.25) is 5.02 Å². The van der Waals surface area contributed by atoms with Gasteiger partial charge >= 0.3 is 5.97 Å². The molecule has 4 aliphatic carbocycles. The smallest absolute Gasteiger partial charge is 0.312 e. The van der Waals surface area contributed by atoms with E-state index >= 15 is 0 Å². The van der Waals surface area contributed by atoms with Crippen LogP contribution in [0.25, 0.3) is 11.0 Å². The highest BCUT2D eigenvalue weighted by Gasteiger charge is 2.55. The van der Waals surface area contributed by atoms with Gasteiger partial charge in [-0.2, -0.15) is 0 Å². The molecule has 0 spiro atoms. The fourth-order valence-electron chi connectivity index (χ4n) is 6.25. The Morgan fingerprint density at radius 2 is 1.89 bits per heavy atom. The molecular formula is C21H25ClN2O3. The van der Waals surface area contributed by atoms with Gasteiger partial charge < -0.3 is 14.4 Å². The average Bonchev–Trinajstić information content (AvgIpc) is 2.96. The molecule has 4 bridgehead atoms. The number of fused-ring (bicyclic) bond motifs is 1. The number of rotatable bonds is 5. The van der Waals surface area contributed by atoms with Crippen molar-refractivity contribution in [2.24, 2.45) is 23.2 Å². The number of aliphatic hydroxyl groups excluding tert-OH is 1. The maximum Gasteiger partial charge on any atom is 0.312 e. The normalized spacial score (nSPS) is 31.6. The molecule has 1 N–H and O–H groups in total. The number of benzene rings is 1. The summed E-state index contributed by atoms with van der Waals surface area (Å²) in [5, 5.41) is 10.1. The second-order valence-electron chi connectivity index (χ2n) is 8.81. The van der Waals surface area contributed by atoms with Gasteiger partial charge in [0.2, 0.25) is 0 Å². The summed E-state index contributed by atoms with van der Waals surface area (Å²) < 4.78 is 7.72. The molecule has 6 rings (SSSR count). The van der Waals surface area contributed by atoms with Crippen molar-refractivity contribution >= 4 is 28.6 Å². The first-order valence-corrected chi connectivity index (χ1v) is 10.4. The van der Waals surface area contributed by atoms with Crippen LogP contribution in [0, 0.1) is 23.2 Å². The zero-order valence-electron chi connectivity index (χ0n) is 15.4. The molecule has 5 nitrogen and oxygen atoms in total. The van der Waals surface area contributed by atoms with E-state index in [1.165, 1.54) is 19.3 Å². The summed E-state index contributed by atoms with van der Waals surface area (Å²) >= 11 is 6.12. The predicted molar refractivity (Wildman–Crippen MR) is 102 cm³/mol. The van der Waals surface area contributed by atoms with Crippen molar-refractivity contribution in [3.63, 3.8) is 0 Å². The van der Waals surface area contributed by atoms with Crippen LogP contribution in [0.1, 0.15) is 44.3 Å². The van der Waals surface area contributed by atoms with Crippen LogP contribution in [0.5, 0.6) is 0 Å². The van der Waals surface area contributed by atoms with Gasteiger partial charge in [0.1, 0.15) is 12.4 Å². The van der Waals surface area contributed by atoms with Crippen molar-refractivity contribution in [1.82, 2.24) is 9.55 Å². The molecule has 0 radical (unpaired) electrons. The van der Waals surface area contributed by atoms with E-state index < -0.39 is 0 Å². The molecule has 0 amide bonds. The molecule has 1 aromatic heterocycles. The van der Waals surface area contributed by atoms with Crippen LogP contribution in [0.15, 0.2) is 18.2 Å². The summed E-state index contributed by atoms with van der Waals surface area (Å²) in [4.78, 5) is 17.7. The van der Waals surface area contributed by atoms with Crippen LogP contribution in [0.4, 0.5) is 0 Å². The third-order valence-electron chi connectivity index (χ3n) is 6.92. The van der Waals surface area contributed by atoms with Crippen LogP contribution in [-0.4, -0.2) is 27.2 Å². The number of imidazole rings is 1. The lowest BCUT2D eigenvalue weighted by Gasteiger charge is -2.55. The molecule has 1 aromatic carbocycles. The lowest BCUT2D eigenvalue weighted by atomic mass is 9.49. The second kappa shape index (κ2) is 6.49. The van der Waals surface area contributed by atoms with Gasteiger partial charge in [0.05, 0.1) is 23.1 Å². The highest BCUT2D eigenvalue weighted by molar-refractivity contribution is 6.31. The van der Waals surface area contributed by atoms with E-state index in [4.69, 9.17) is 16.3 Å². The summed E-state index contributed by atoms with van der Waals surface area (Å²) in [7, 11) is 0. The lowest BCUT2D eigenvalue weighted by molar-refractivity contribution is -0.173. The number of hydrogen-bond donors (Lipinski definition) is 1. The van der Waals surface area contributed by atoms with Crippen LogP contribution in [-0.2, 0) is 22.7 Å². The van der Waals surface area contributed by atoms with Gasteiger partial charge in [-0.1, -0.05) is 11.6 Å². The minimum atomic E-state index is -0.258. The van der Waals surface area contributed by atoms with Crippen LogP contribution >= 0.6 is 11.6 Å². The topological polar surface area (TPSA) is 64.3 Å². The minimum Gasteiger partial charge on any atom is -0.457 e. The maximum absolute atomic E-state index is 13.1. The number of carbonyl (C=O) groups is 1. The number of carbonyl (C=O) groups excluding carboxylic acids is 1. The Bertz CT molecular complexity index is 856. The molecule has 144 valence electrons. The van der Waals surface area contributed by atoms with Crippen molar-refractivity contribution in [3.05, 3.63) is 29.0 Å². The Morgan fingerprint density at radius 3 is 2.52 bits per heavy atom. The van der Waals surface area contributed by atoms with Crippen molar-refractivity contribution in [2.75, 3.05) is 6.61 Å². The van der Waals surface area contributed by atoms with E-state index in [-0.39, 0.29) is 24.6 Å². The summed E-state index contributed by atoms with van der Waals surface area (Å²) in [5.74, 6) is 2.77. The Balaban J connectivity index is 1.37. The Kier molecular flexibility index (Phi) is 4.21. The molecular weight excluding hydrogens is 364 g/mol. The number of hydrogen-bond acceptors (Lipinski definition) is 4. The highest BCUT2D eigenvalue weighted by atomic mass is 35.5. The standard InChI is InChI=1S/C21H25ClN2O3/c22-16-1-2-17-18(8-16)24(3-4-25)19(23-17)12-27-20(26)21-9-13-5-14(10-21)7-15(6-13)11-21/h1-2,8,13-15,25H,3-7,9-12H2. The molecule has 0 saturated heterocycles. The van der Waals surface area contributed by atoms with Crippen molar-refractivity contribution in [1.29, 1.82) is 0 Å². The van der Waals surface area contributed by atoms with Gasteiger partial charge in [0.25, 0.3) is 0 Å². The third-order valence-corrected chi connectivity index (χ3v) is 7.15. The van der Waals surface area contributed by atoms with Crippen molar-refractivity contribution in [2.45, 2.75) is 51.7 Å². The highest BCUT2D eigenvalue weighted by Crippen LogP contribution is 2.60. The predicted octanol–water partition coefficient (Wildman–Crippen LogP) is 3.94. The van der Waals surface area contributed by atoms with Gasteiger partial charge in [-0.3, -0.25) is 4.79 Å². The van der Waals surface area contributed by atoms with Gasteiger partial charge in [0, 0.05) is 11.6 Å². The van der Waals surface area contributed by atoms with E-state index in [1.54, 1.807) is 6.07 Å². The number of halogens is 1. The SMILES string of the molecule is O=C(OCc1nc2ccc(Cl)cc2n1CCO)C12CC3CC(CC(C3)C1)C2. The summed E-state index contributed by atoms with van der Waals surface area (Å²) in [6, 6.07) is 5.49. The zero-order chi connectivity index (χ0) is 18.6. The maximum atomic E-state index is 13.1. The number of ether oxygens (including phenoxy) is 1. The summed E-state index contributed by atoms with van der Waals surface area (Å²) in [6.07, 6.45) is 6.92. The molecule has 4 saturated carbocycles. The van der Waals surface area contributed by atoms with Crippen molar-refractivity contribution < 1.29 is 14.6 Å². The molecule has 1 heterocycles. The van der Waals surface area contributed by atoms with Gasteiger partial charge in [-0.15, -0.1) is 0 Å². The third kappa shape index (κ3) is 2.95. The Hall–Kier alpha value is -1.59. The largest absolute Gasteiger partial charge is 0.457 e. The molecule has 2 aromatic rings. The Labute approximate surface area is 163 Å². The summed E-state index contributed by atoms with van der Waals surface area (Å²) in [6.45, 7) is 0.544. The number of aromatic nitrogens is 2. The second-order valence-corrected chi connectivity index (χ2v) is 9.25. The van der Waals surface area contributed by atoms with E-state index in [0.29, 0.717) is 35.1 Å². The van der Waals surface area contributed by atoms with E-state index in [0.717, 1.165) is 30.3 Å². The first-order chi connectivity index (χ1) is 13.1. The quantitative estimate of drug-likeness (QED) is 0.788. The number of aliphatic hydroxyl groups is 1. The molecule has 0 aliphatic heterocycles. The van der Waals surface area contributed by atoms with Gasteiger partial charge in [-0.25, -0.2) is 4.98 Å². The average molecular weight is 389 g/mol. The number of nitrogens with zero attached hydrogens (tertiary/aromatic N) is 2. The van der Waals surface area contributed by atoms with Crippen LogP contribution in [0.3, 0.4) is 0 Å². The van der Waals surface area contributed by atoms with E-state index in [2.05, 4.69) is 4.98 Å². The molecule has 0 unspecified atom stereocenters. The molecule has 6 heteroatoms. The minimum absolute atomic E-state index is 0.00605. The zero-order valence-corrected chi connectivity index (χ0v) is 16.1. The fourth-order valence-corrected chi connectivity index (χ4v) is 6.42. The molecule has 0 atom stereocenters. The van der Waals surface area contributed by atoms with Crippen molar-refractivity contribution in [3.8, 4) is 0 Å².